The molecule has 0 aromatic carbocycles. The monoisotopic (exact) mass is 258 g/mol. The molecule has 1 atom stereocenters. The summed E-state index contributed by atoms with van der Waals surface area (Å²) in [5.41, 5.74) is 5.48. The lowest BCUT2D eigenvalue weighted by Gasteiger charge is -2.38. The van der Waals surface area contributed by atoms with Crippen molar-refractivity contribution in [2.75, 3.05) is 18.8 Å². The summed E-state index contributed by atoms with van der Waals surface area (Å²) in [4.78, 5) is 24.9. The molecular weight excluding hydrogens is 240 g/mol. The van der Waals surface area contributed by atoms with Crippen molar-refractivity contribution in [3.8, 4) is 0 Å². The van der Waals surface area contributed by atoms with Gasteiger partial charge in [0.2, 0.25) is 5.91 Å². The van der Waals surface area contributed by atoms with Crippen molar-refractivity contribution >= 4 is 23.6 Å². The summed E-state index contributed by atoms with van der Waals surface area (Å²) in [6, 6.07) is 0. The third kappa shape index (κ3) is 3.01. The minimum atomic E-state index is -1.05. The highest BCUT2D eigenvalue weighted by Crippen LogP contribution is 2.30. The number of nitrogens with two attached hydrogens (primary N) is 1. The van der Waals surface area contributed by atoms with Crippen molar-refractivity contribution in [1.29, 1.82) is 0 Å². The predicted octanol–water partition coefficient (Wildman–Crippen LogP) is 0.863. The van der Waals surface area contributed by atoms with Crippen LogP contribution in [0.2, 0.25) is 0 Å². The molecule has 3 N–H and O–H groups in total. The van der Waals surface area contributed by atoms with Crippen LogP contribution < -0.4 is 5.73 Å². The molecule has 0 radical (unpaired) electrons. The lowest BCUT2D eigenvalue weighted by molar-refractivity contribution is -0.150. The van der Waals surface area contributed by atoms with Crippen molar-refractivity contribution in [3.05, 3.63) is 10.6 Å². The van der Waals surface area contributed by atoms with E-state index in [0.29, 0.717) is 23.7 Å². The molecule has 0 bridgehead atoms. The second kappa shape index (κ2) is 6.07. The Bertz CT molecular complexity index is 355. The number of likely N-dealkylation sites (tertiary alicyclic amines) is 1. The Kier molecular flexibility index (Phi) is 5.02. The molecule has 0 unspecified atom stereocenters. The number of hydrogen-bond donors (Lipinski definition) is 2. The van der Waals surface area contributed by atoms with Gasteiger partial charge in [-0.05, 0) is 13.3 Å². The fraction of sp³-hybridized carbons (Fsp3) is 0.636. The second-order valence-electron chi connectivity index (χ2n) is 3.90. The number of rotatable bonds is 6. The summed E-state index contributed by atoms with van der Waals surface area (Å²) in [5.74, 6) is -0.494. The standard InChI is InChI=1S/C11H18N2O3S/c1-3-8-6-13(10(8)14)9(11(15)16)7(2)17-5-4-12/h8H,3-6,12H2,1-2H3,(H,15,16)/b9-7+/t8-/m1/s1. The molecule has 0 saturated carbocycles. The zero-order valence-electron chi connectivity index (χ0n) is 10.1. The van der Waals surface area contributed by atoms with E-state index >= 15 is 0 Å². The van der Waals surface area contributed by atoms with Crippen molar-refractivity contribution < 1.29 is 14.7 Å². The van der Waals surface area contributed by atoms with E-state index in [9.17, 15) is 9.59 Å². The first kappa shape index (κ1) is 14.1. The van der Waals surface area contributed by atoms with Crippen LogP contribution in [0.3, 0.4) is 0 Å². The maximum absolute atomic E-state index is 11.7. The summed E-state index contributed by atoms with van der Waals surface area (Å²) in [7, 11) is 0. The molecule has 0 spiro atoms. The number of carboxylic acid groups (broad SMARTS) is 1. The van der Waals surface area contributed by atoms with E-state index in [2.05, 4.69) is 0 Å². The highest BCUT2D eigenvalue weighted by molar-refractivity contribution is 8.03. The fourth-order valence-corrected chi connectivity index (χ4v) is 2.50. The lowest BCUT2D eigenvalue weighted by atomic mass is 9.95. The molecule has 1 aliphatic rings. The Morgan fingerprint density at radius 3 is 2.71 bits per heavy atom. The van der Waals surface area contributed by atoms with Crippen LogP contribution in [0.25, 0.3) is 0 Å². The van der Waals surface area contributed by atoms with E-state index in [0.717, 1.165) is 6.42 Å². The number of carboxylic acids is 1. The van der Waals surface area contributed by atoms with Gasteiger partial charge in [0.05, 0.1) is 5.92 Å². The van der Waals surface area contributed by atoms with Gasteiger partial charge in [-0.15, -0.1) is 11.8 Å². The van der Waals surface area contributed by atoms with Gasteiger partial charge in [-0.2, -0.15) is 0 Å². The minimum absolute atomic E-state index is 0.0170. The van der Waals surface area contributed by atoms with Crippen molar-refractivity contribution in [1.82, 2.24) is 4.90 Å². The van der Waals surface area contributed by atoms with Gasteiger partial charge in [0, 0.05) is 23.7 Å². The SMILES string of the molecule is CC[C@@H]1CN(/C(C(=O)O)=C(\C)SCCN)C1=O. The van der Waals surface area contributed by atoms with Crippen LogP contribution in [0.4, 0.5) is 0 Å². The predicted molar refractivity (Wildman–Crippen MR) is 67.3 cm³/mol. The molecule has 1 rings (SSSR count). The quantitative estimate of drug-likeness (QED) is 0.545. The molecule has 1 aliphatic heterocycles. The van der Waals surface area contributed by atoms with Gasteiger partial charge < -0.3 is 15.7 Å². The topological polar surface area (TPSA) is 83.6 Å². The van der Waals surface area contributed by atoms with E-state index in [1.807, 2.05) is 6.92 Å². The first-order valence-electron chi connectivity index (χ1n) is 5.61. The second-order valence-corrected chi connectivity index (χ2v) is 5.21. The average Bonchev–Trinajstić information content (AvgIpc) is 2.29. The smallest absolute Gasteiger partial charge is 0.353 e. The highest BCUT2D eigenvalue weighted by atomic mass is 32.2. The fourth-order valence-electron chi connectivity index (χ4n) is 1.74. The number of amides is 1. The normalized spacial score (nSPS) is 21.0. The van der Waals surface area contributed by atoms with Crippen molar-refractivity contribution in [2.24, 2.45) is 11.7 Å². The third-order valence-electron chi connectivity index (χ3n) is 2.75. The Hall–Kier alpha value is -1.01. The van der Waals surface area contributed by atoms with E-state index in [-0.39, 0.29) is 17.5 Å². The number of β-lactam (4-membered cyclic amide) rings is 1. The molecule has 0 aromatic rings. The van der Waals surface area contributed by atoms with E-state index in [1.54, 1.807) is 6.92 Å². The molecule has 1 fully saturated rings. The molecule has 17 heavy (non-hydrogen) atoms. The van der Waals surface area contributed by atoms with Crippen LogP contribution in [0.1, 0.15) is 20.3 Å². The van der Waals surface area contributed by atoms with Crippen LogP contribution in [0.5, 0.6) is 0 Å². The number of aliphatic carboxylic acids is 1. The third-order valence-corrected chi connectivity index (χ3v) is 3.82. The van der Waals surface area contributed by atoms with Crippen molar-refractivity contribution in [3.63, 3.8) is 0 Å². The van der Waals surface area contributed by atoms with Gasteiger partial charge in [-0.1, -0.05) is 6.92 Å². The zero-order chi connectivity index (χ0) is 13.0. The maximum atomic E-state index is 11.7. The number of carbonyl (C=O) groups excluding carboxylic acids is 1. The van der Waals surface area contributed by atoms with Crippen LogP contribution >= 0.6 is 11.8 Å². The molecule has 6 heteroatoms. The number of thioether (sulfide) groups is 1. The molecule has 1 amide bonds. The van der Waals surface area contributed by atoms with E-state index in [1.165, 1.54) is 16.7 Å². The van der Waals surface area contributed by atoms with E-state index < -0.39 is 5.97 Å². The van der Waals surface area contributed by atoms with Gasteiger partial charge in [0.1, 0.15) is 5.70 Å². The molecule has 5 nitrogen and oxygen atoms in total. The number of hydrogen-bond acceptors (Lipinski definition) is 4. The highest BCUT2D eigenvalue weighted by Gasteiger charge is 2.40. The Labute approximate surface area is 105 Å². The zero-order valence-corrected chi connectivity index (χ0v) is 10.9. The van der Waals surface area contributed by atoms with Crippen LogP contribution in [-0.4, -0.2) is 40.7 Å². The first-order chi connectivity index (χ1) is 8.02. The summed E-state index contributed by atoms with van der Waals surface area (Å²) in [6.45, 7) is 4.65. The molecular formula is C11H18N2O3S. The van der Waals surface area contributed by atoms with Gasteiger partial charge in [0.15, 0.2) is 0 Å². The van der Waals surface area contributed by atoms with Gasteiger partial charge in [0.25, 0.3) is 0 Å². The summed E-state index contributed by atoms with van der Waals surface area (Å²) in [6.07, 6.45) is 0.761. The number of carbonyl (C=O) groups is 2. The summed E-state index contributed by atoms with van der Waals surface area (Å²) in [5, 5.41) is 9.16. The molecule has 0 aromatic heterocycles. The Morgan fingerprint density at radius 2 is 2.29 bits per heavy atom. The maximum Gasteiger partial charge on any atom is 0.353 e. The molecule has 96 valence electrons. The van der Waals surface area contributed by atoms with Gasteiger partial charge in [-0.25, -0.2) is 4.79 Å². The lowest BCUT2D eigenvalue weighted by Crippen LogP contribution is -2.52. The first-order valence-corrected chi connectivity index (χ1v) is 6.59. The van der Waals surface area contributed by atoms with Crippen LogP contribution in [0.15, 0.2) is 10.6 Å². The van der Waals surface area contributed by atoms with E-state index in [4.69, 9.17) is 10.8 Å². The number of nitrogens with zero attached hydrogens (tertiary/aromatic N) is 1. The average molecular weight is 258 g/mol. The number of allylic oxidation sites excluding steroid dienone is 1. The molecule has 1 saturated heterocycles. The Morgan fingerprint density at radius 1 is 1.65 bits per heavy atom. The molecule has 0 aliphatic carbocycles. The van der Waals surface area contributed by atoms with Crippen LogP contribution in [0, 0.1) is 5.92 Å². The minimum Gasteiger partial charge on any atom is -0.477 e. The largest absolute Gasteiger partial charge is 0.477 e. The van der Waals surface area contributed by atoms with Crippen LogP contribution in [-0.2, 0) is 9.59 Å². The summed E-state index contributed by atoms with van der Waals surface area (Å²) < 4.78 is 0. The van der Waals surface area contributed by atoms with Gasteiger partial charge in [-0.3, -0.25) is 4.79 Å². The van der Waals surface area contributed by atoms with Crippen molar-refractivity contribution in [2.45, 2.75) is 20.3 Å². The summed E-state index contributed by atoms with van der Waals surface area (Å²) >= 11 is 1.38. The van der Waals surface area contributed by atoms with Gasteiger partial charge >= 0.3 is 5.97 Å². The molecule has 1 heterocycles. The Balaban J connectivity index is 2.81.